The summed E-state index contributed by atoms with van der Waals surface area (Å²) in [5.74, 6) is 0.470. The van der Waals surface area contributed by atoms with Gasteiger partial charge in [0.15, 0.2) is 0 Å². The number of aryl methyl sites for hydroxylation is 1. The number of pyridine rings is 1. The SMILES string of the molecule is O=c1c(Br)cn(CCCCl)cc1[N+](=O)[O-]. The Morgan fingerprint density at radius 1 is 1.53 bits per heavy atom. The molecule has 7 heteroatoms. The first-order valence-corrected chi connectivity index (χ1v) is 5.49. The van der Waals surface area contributed by atoms with Gasteiger partial charge < -0.3 is 4.57 Å². The minimum absolute atomic E-state index is 0.186. The second-order valence-electron chi connectivity index (χ2n) is 2.86. The zero-order valence-corrected chi connectivity index (χ0v) is 9.99. The molecule has 1 aromatic rings. The van der Waals surface area contributed by atoms with Crippen LogP contribution in [0.2, 0.25) is 0 Å². The fourth-order valence-electron chi connectivity index (χ4n) is 1.08. The molecular formula is C8H8BrClN2O3. The summed E-state index contributed by atoms with van der Waals surface area (Å²) in [6.07, 6.45) is 3.43. The molecule has 0 aliphatic carbocycles. The van der Waals surface area contributed by atoms with Crippen LogP contribution in [0.5, 0.6) is 0 Å². The van der Waals surface area contributed by atoms with E-state index >= 15 is 0 Å². The van der Waals surface area contributed by atoms with E-state index in [1.807, 2.05) is 0 Å². The number of halogens is 2. The van der Waals surface area contributed by atoms with Crippen molar-refractivity contribution in [2.24, 2.45) is 0 Å². The number of hydrogen-bond donors (Lipinski definition) is 0. The van der Waals surface area contributed by atoms with Gasteiger partial charge in [0.25, 0.3) is 5.43 Å². The van der Waals surface area contributed by atoms with E-state index in [1.165, 1.54) is 12.4 Å². The van der Waals surface area contributed by atoms with Crippen LogP contribution in [-0.2, 0) is 6.54 Å². The van der Waals surface area contributed by atoms with E-state index < -0.39 is 16.0 Å². The Hall–Kier alpha value is -0.880. The maximum absolute atomic E-state index is 11.3. The second kappa shape index (κ2) is 5.27. The molecule has 0 N–H and O–H groups in total. The topological polar surface area (TPSA) is 65.1 Å². The van der Waals surface area contributed by atoms with Gasteiger partial charge in [0.1, 0.15) is 0 Å². The van der Waals surface area contributed by atoms with Crippen LogP contribution in [-0.4, -0.2) is 15.4 Å². The van der Waals surface area contributed by atoms with Crippen molar-refractivity contribution in [1.29, 1.82) is 0 Å². The van der Waals surface area contributed by atoms with Gasteiger partial charge in [0, 0.05) is 18.6 Å². The third-order valence-electron chi connectivity index (χ3n) is 1.76. The third-order valence-corrected chi connectivity index (χ3v) is 2.60. The zero-order valence-electron chi connectivity index (χ0n) is 7.65. The highest BCUT2D eigenvalue weighted by Crippen LogP contribution is 2.11. The Bertz CT molecular complexity index is 432. The van der Waals surface area contributed by atoms with Crippen molar-refractivity contribution < 1.29 is 4.92 Å². The molecule has 0 fully saturated rings. The van der Waals surface area contributed by atoms with Gasteiger partial charge in [-0.1, -0.05) is 0 Å². The van der Waals surface area contributed by atoms with Gasteiger partial charge in [-0.25, -0.2) is 0 Å². The van der Waals surface area contributed by atoms with Crippen molar-refractivity contribution in [2.45, 2.75) is 13.0 Å². The van der Waals surface area contributed by atoms with Crippen LogP contribution >= 0.6 is 27.5 Å². The lowest BCUT2D eigenvalue weighted by Crippen LogP contribution is -2.13. The lowest BCUT2D eigenvalue weighted by Gasteiger charge is -2.04. The van der Waals surface area contributed by atoms with E-state index in [4.69, 9.17) is 11.6 Å². The van der Waals surface area contributed by atoms with E-state index in [2.05, 4.69) is 15.9 Å². The molecule has 0 aliphatic rings. The highest BCUT2D eigenvalue weighted by molar-refractivity contribution is 9.10. The van der Waals surface area contributed by atoms with E-state index in [-0.39, 0.29) is 4.47 Å². The van der Waals surface area contributed by atoms with E-state index in [0.29, 0.717) is 18.8 Å². The Morgan fingerprint density at radius 3 is 2.73 bits per heavy atom. The molecule has 0 atom stereocenters. The van der Waals surface area contributed by atoms with E-state index in [0.717, 1.165) is 0 Å². The average molecular weight is 296 g/mol. The number of alkyl halides is 1. The molecule has 0 unspecified atom stereocenters. The van der Waals surface area contributed by atoms with E-state index in [9.17, 15) is 14.9 Å². The number of nitrogens with zero attached hydrogens (tertiary/aromatic N) is 2. The molecule has 1 heterocycles. The predicted molar refractivity (Wildman–Crippen MR) is 60.4 cm³/mol. The lowest BCUT2D eigenvalue weighted by atomic mass is 10.4. The summed E-state index contributed by atoms with van der Waals surface area (Å²) in [5.41, 5.74) is -1.04. The maximum atomic E-state index is 11.3. The minimum atomic E-state index is -0.690. The van der Waals surface area contributed by atoms with Crippen molar-refractivity contribution in [3.63, 3.8) is 0 Å². The molecular weight excluding hydrogens is 287 g/mol. The quantitative estimate of drug-likeness (QED) is 0.485. The Balaban J connectivity index is 3.12. The van der Waals surface area contributed by atoms with Crippen molar-refractivity contribution in [3.05, 3.63) is 37.2 Å². The summed E-state index contributed by atoms with van der Waals surface area (Å²) in [7, 11) is 0. The maximum Gasteiger partial charge on any atom is 0.333 e. The largest absolute Gasteiger partial charge is 0.347 e. The molecule has 0 radical (unpaired) electrons. The van der Waals surface area contributed by atoms with E-state index in [1.54, 1.807) is 4.57 Å². The van der Waals surface area contributed by atoms with Crippen LogP contribution in [0.3, 0.4) is 0 Å². The first-order chi connectivity index (χ1) is 7.06. The number of nitro groups is 1. The molecule has 82 valence electrons. The number of aromatic nitrogens is 1. The first-order valence-electron chi connectivity index (χ1n) is 4.16. The van der Waals surface area contributed by atoms with Crippen LogP contribution in [0.4, 0.5) is 5.69 Å². The summed E-state index contributed by atoms with van der Waals surface area (Å²) in [6.45, 7) is 0.545. The molecule has 0 aliphatic heterocycles. The Morgan fingerprint density at radius 2 is 2.20 bits per heavy atom. The molecule has 0 bridgehead atoms. The van der Waals surface area contributed by atoms with Crippen molar-refractivity contribution in [3.8, 4) is 0 Å². The fourth-order valence-corrected chi connectivity index (χ4v) is 1.67. The van der Waals surface area contributed by atoms with Crippen LogP contribution in [0.15, 0.2) is 21.7 Å². The normalized spacial score (nSPS) is 10.3. The molecule has 15 heavy (non-hydrogen) atoms. The highest BCUT2D eigenvalue weighted by atomic mass is 79.9. The van der Waals surface area contributed by atoms with Gasteiger partial charge in [0.05, 0.1) is 15.6 Å². The van der Waals surface area contributed by atoms with Gasteiger partial charge in [0.2, 0.25) is 0 Å². The molecule has 0 saturated heterocycles. The monoisotopic (exact) mass is 294 g/mol. The summed E-state index contributed by atoms with van der Waals surface area (Å²) < 4.78 is 1.76. The minimum Gasteiger partial charge on any atom is -0.347 e. The summed E-state index contributed by atoms with van der Waals surface area (Å²) in [5, 5.41) is 10.5. The average Bonchev–Trinajstić information content (AvgIpc) is 2.19. The van der Waals surface area contributed by atoms with Gasteiger partial charge in [-0.05, 0) is 22.4 Å². The lowest BCUT2D eigenvalue weighted by molar-refractivity contribution is -0.386. The molecule has 1 rings (SSSR count). The molecule has 1 aromatic heterocycles. The zero-order chi connectivity index (χ0) is 11.4. The smallest absolute Gasteiger partial charge is 0.333 e. The second-order valence-corrected chi connectivity index (χ2v) is 4.09. The van der Waals surface area contributed by atoms with Crippen LogP contribution in [0.1, 0.15) is 6.42 Å². The highest BCUT2D eigenvalue weighted by Gasteiger charge is 2.15. The van der Waals surface area contributed by atoms with Crippen molar-refractivity contribution in [1.82, 2.24) is 4.57 Å². The summed E-state index contributed by atoms with van der Waals surface area (Å²) in [6, 6.07) is 0. The molecule has 0 spiro atoms. The van der Waals surface area contributed by atoms with Crippen LogP contribution in [0, 0.1) is 10.1 Å². The molecule has 0 amide bonds. The van der Waals surface area contributed by atoms with Gasteiger partial charge in [-0.15, -0.1) is 11.6 Å². The van der Waals surface area contributed by atoms with Crippen LogP contribution < -0.4 is 5.43 Å². The molecule has 5 nitrogen and oxygen atoms in total. The van der Waals surface area contributed by atoms with Gasteiger partial charge in [-0.3, -0.25) is 14.9 Å². The first kappa shape index (κ1) is 12.2. The number of hydrogen-bond acceptors (Lipinski definition) is 3. The summed E-state index contributed by atoms with van der Waals surface area (Å²) in [4.78, 5) is 21.2. The van der Waals surface area contributed by atoms with Crippen LogP contribution in [0.25, 0.3) is 0 Å². The Kier molecular flexibility index (Phi) is 4.28. The van der Waals surface area contributed by atoms with Crippen molar-refractivity contribution >= 4 is 33.2 Å². The predicted octanol–water partition coefficient (Wildman–Crippen LogP) is 2.15. The molecule has 0 aromatic carbocycles. The standard InChI is InChI=1S/C8H8BrClN2O3/c9-6-4-11(3-1-2-10)5-7(8(6)13)12(14)15/h4-5H,1-3H2. The number of rotatable bonds is 4. The molecule has 0 saturated carbocycles. The van der Waals surface area contributed by atoms with Crippen molar-refractivity contribution in [2.75, 3.05) is 5.88 Å². The van der Waals surface area contributed by atoms with Gasteiger partial charge in [-0.2, -0.15) is 0 Å². The Labute approximate surface area is 98.9 Å². The third kappa shape index (κ3) is 3.04. The van der Waals surface area contributed by atoms with Gasteiger partial charge >= 0.3 is 5.69 Å². The fraction of sp³-hybridized carbons (Fsp3) is 0.375. The summed E-state index contributed by atoms with van der Waals surface area (Å²) >= 11 is 8.49.